The molecule has 2 unspecified atom stereocenters. The van der Waals surface area contributed by atoms with Gasteiger partial charge in [0.25, 0.3) is 11.8 Å². The van der Waals surface area contributed by atoms with E-state index in [4.69, 9.17) is 4.42 Å². The average molecular weight is 467 g/mol. The number of benzene rings is 1. The summed E-state index contributed by atoms with van der Waals surface area (Å²) in [4.78, 5) is 44.2. The Kier molecular flexibility index (Phi) is 7.36. The molecule has 0 saturated carbocycles. The molecule has 2 aliphatic heterocycles. The summed E-state index contributed by atoms with van der Waals surface area (Å²) in [6, 6.07) is 8.58. The van der Waals surface area contributed by atoms with Gasteiger partial charge < -0.3 is 19.5 Å². The second-order valence-electron chi connectivity index (χ2n) is 9.77. The van der Waals surface area contributed by atoms with Crippen LogP contribution < -0.4 is 5.32 Å². The fourth-order valence-corrected chi connectivity index (χ4v) is 4.93. The predicted molar refractivity (Wildman–Crippen MR) is 130 cm³/mol. The summed E-state index contributed by atoms with van der Waals surface area (Å²) in [5.41, 5.74) is 1.98. The van der Waals surface area contributed by atoms with Gasteiger partial charge in [-0.3, -0.25) is 19.3 Å². The number of piperazine rings is 1. The highest BCUT2D eigenvalue weighted by Crippen LogP contribution is 2.22. The molecule has 8 nitrogen and oxygen atoms in total. The van der Waals surface area contributed by atoms with Crippen LogP contribution >= 0.6 is 0 Å². The van der Waals surface area contributed by atoms with Crippen molar-refractivity contribution >= 4 is 23.4 Å². The van der Waals surface area contributed by atoms with Gasteiger partial charge in [0.05, 0.1) is 12.8 Å². The minimum atomic E-state index is -0.353. The molecule has 0 bridgehead atoms. The molecule has 2 aromatic rings. The van der Waals surface area contributed by atoms with Gasteiger partial charge in [-0.2, -0.15) is 0 Å². The van der Waals surface area contributed by atoms with Crippen molar-refractivity contribution in [2.24, 2.45) is 11.8 Å². The van der Waals surface area contributed by atoms with Crippen LogP contribution in [0.2, 0.25) is 0 Å². The Morgan fingerprint density at radius 3 is 2.35 bits per heavy atom. The van der Waals surface area contributed by atoms with E-state index in [0.29, 0.717) is 55.8 Å². The van der Waals surface area contributed by atoms with Crippen LogP contribution in [0, 0.1) is 18.8 Å². The molecule has 0 spiro atoms. The average Bonchev–Trinajstić information content (AvgIpc) is 3.35. The Balaban J connectivity index is 1.32. The predicted octanol–water partition coefficient (Wildman–Crippen LogP) is 3.10. The van der Waals surface area contributed by atoms with Crippen molar-refractivity contribution < 1.29 is 18.8 Å². The molecule has 1 aromatic carbocycles. The third-order valence-electron chi connectivity index (χ3n) is 6.72. The minimum absolute atomic E-state index is 0.0712. The monoisotopic (exact) mass is 466 g/mol. The molecule has 34 heavy (non-hydrogen) atoms. The number of nitrogens with zero attached hydrogens (tertiary/aromatic N) is 3. The molecule has 2 atom stereocenters. The largest absolute Gasteiger partial charge is 0.459 e. The van der Waals surface area contributed by atoms with Crippen molar-refractivity contribution in [2.75, 3.05) is 51.1 Å². The van der Waals surface area contributed by atoms with Gasteiger partial charge in [0.15, 0.2) is 5.76 Å². The molecular weight excluding hydrogens is 432 g/mol. The molecule has 1 N–H and O–H groups in total. The Labute approximate surface area is 200 Å². The summed E-state index contributed by atoms with van der Waals surface area (Å²) in [7, 11) is 0. The lowest BCUT2D eigenvalue weighted by atomic mass is 9.92. The van der Waals surface area contributed by atoms with Gasteiger partial charge in [-0.1, -0.05) is 19.9 Å². The highest BCUT2D eigenvalue weighted by atomic mass is 16.3. The Morgan fingerprint density at radius 2 is 1.71 bits per heavy atom. The maximum Gasteiger partial charge on any atom is 0.291 e. The van der Waals surface area contributed by atoms with Crippen LogP contribution in [0.1, 0.15) is 46.7 Å². The first kappa shape index (κ1) is 24.0. The number of hydrogen-bond acceptors (Lipinski definition) is 5. The van der Waals surface area contributed by atoms with Crippen LogP contribution in [-0.2, 0) is 4.79 Å². The normalized spacial score (nSPS) is 21.4. The fraction of sp³-hybridized carbons (Fsp3) is 0.500. The summed E-state index contributed by atoms with van der Waals surface area (Å²) in [5.74, 6) is 1.08. The molecule has 2 fully saturated rings. The molecule has 0 aliphatic carbocycles. The van der Waals surface area contributed by atoms with Crippen molar-refractivity contribution in [1.29, 1.82) is 0 Å². The van der Waals surface area contributed by atoms with Crippen LogP contribution in [0.3, 0.4) is 0 Å². The van der Waals surface area contributed by atoms with Gasteiger partial charge in [0, 0.05) is 50.5 Å². The SMILES string of the molecule is Cc1ccc(C(=O)N2CCN(CC(=O)N3CC(C)CC(C)C3)CC2)cc1NC(=O)c1ccco1. The van der Waals surface area contributed by atoms with Gasteiger partial charge in [-0.15, -0.1) is 0 Å². The lowest BCUT2D eigenvalue weighted by Crippen LogP contribution is -2.53. The standard InChI is InChI=1S/C26H34N4O4/c1-18-13-19(2)16-30(15-18)24(31)17-28-8-10-29(11-9-28)26(33)21-7-6-20(3)22(14-21)27-25(32)23-5-4-12-34-23/h4-7,12,14,18-19H,8-11,13,15-17H2,1-3H3,(H,27,32). The zero-order valence-corrected chi connectivity index (χ0v) is 20.3. The number of piperidine rings is 1. The molecule has 0 radical (unpaired) electrons. The quantitative estimate of drug-likeness (QED) is 0.732. The van der Waals surface area contributed by atoms with Gasteiger partial charge in [-0.05, 0) is 55.0 Å². The summed E-state index contributed by atoms with van der Waals surface area (Å²) >= 11 is 0. The number of amides is 3. The number of carbonyl (C=O) groups is 3. The van der Waals surface area contributed by atoms with E-state index in [1.807, 2.05) is 22.8 Å². The maximum absolute atomic E-state index is 13.1. The van der Waals surface area contributed by atoms with Gasteiger partial charge in [0.2, 0.25) is 5.91 Å². The van der Waals surface area contributed by atoms with Gasteiger partial charge in [-0.25, -0.2) is 0 Å². The van der Waals surface area contributed by atoms with Crippen LogP contribution in [-0.4, -0.2) is 78.2 Å². The zero-order valence-electron chi connectivity index (χ0n) is 20.3. The summed E-state index contributed by atoms with van der Waals surface area (Å²) in [6.45, 7) is 10.9. The van der Waals surface area contributed by atoms with E-state index in [-0.39, 0.29) is 23.5 Å². The van der Waals surface area contributed by atoms with Crippen LogP contribution in [0.15, 0.2) is 41.0 Å². The van der Waals surface area contributed by atoms with E-state index < -0.39 is 0 Å². The number of likely N-dealkylation sites (tertiary alicyclic amines) is 1. The van der Waals surface area contributed by atoms with Gasteiger partial charge >= 0.3 is 0 Å². The van der Waals surface area contributed by atoms with Crippen molar-refractivity contribution in [1.82, 2.24) is 14.7 Å². The lowest BCUT2D eigenvalue weighted by molar-refractivity contribution is -0.135. The van der Waals surface area contributed by atoms with Crippen LogP contribution in [0.5, 0.6) is 0 Å². The smallest absolute Gasteiger partial charge is 0.291 e. The molecular formula is C26H34N4O4. The molecule has 8 heteroatoms. The topological polar surface area (TPSA) is 86.1 Å². The number of aryl methyl sites for hydroxylation is 1. The number of nitrogens with one attached hydrogen (secondary N) is 1. The fourth-order valence-electron chi connectivity index (χ4n) is 4.93. The zero-order chi connectivity index (χ0) is 24.2. The van der Waals surface area contributed by atoms with Crippen molar-refractivity contribution in [3.63, 3.8) is 0 Å². The molecule has 182 valence electrons. The number of carbonyl (C=O) groups excluding carboxylic acids is 3. The molecule has 2 saturated heterocycles. The molecule has 3 heterocycles. The summed E-state index contributed by atoms with van der Waals surface area (Å²) in [6.07, 6.45) is 2.63. The van der Waals surface area contributed by atoms with E-state index in [1.54, 1.807) is 24.3 Å². The third kappa shape index (κ3) is 5.67. The Morgan fingerprint density at radius 1 is 1.00 bits per heavy atom. The van der Waals surface area contributed by atoms with E-state index in [9.17, 15) is 14.4 Å². The number of hydrogen-bond donors (Lipinski definition) is 1. The summed E-state index contributed by atoms with van der Waals surface area (Å²) < 4.78 is 5.15. The Hall–Kier alpha value is -3.13. The lowest BCUT2D eigenvalue weighted by Gasteiger charge is -2.38. The van der Waals surface area contributed by atoms with Gasteiger partial charge in [0.1, 0.15) is 0 Å². The van der Waals surface area contributed by atoms with Crippen LogP contribution in [0.25, 0.3) is 0 Å². The maximum atomic E-state index is 13.1. The van der Waals surface area contributed by atoms with E-state index in [0.717, 1.165) is 18.7 Å². The van der Waals surface area contributed by atoms with Crippen LogP contribution in [0.4, 0.5) is 5.69 Å². The number of furan rings is 1. The minimum Gasteiger partial charge on any atom is -0.459 e. The van der Waals surface area contributed by atoms with Crippen molar-refractivity contribution in [3.05, 3.63) is 53.5 Å². The number of anilines is 1. The molecule has 2 aliphatic rings. The van der Waals surface area contributed by atoms with E-state index >= 15 is 0 Å². The number of rotatable bonds is 5. The first-order valence-electron chi connectivity index (χ1n) is 12.0. The second-order valence-corrected chi connectivity index (χ2v) is 9.77. The first-order chi connectivity index (χ1) is 16.3. The third-order valence-corrected chi connectivity index (χ3v) is 6.72. The van der Waals surface area contributed by atoms with E-state index in [1.165, 1.54) is 12.7 Å². The molecule has 4 rings (SSSR count). The van der Waals surface area contributed by atoms with E-state index in [2.05, 4.69) is 24.1 Å². The Bertz CT molecular complexity index is 1020. The van der Waals surface area contributed by atoms with Crippen molar-refractivity contribution in [2.45, 2.75) is 27.2 Å². The second kappa shape index (κ2) is 10.4. The highest BCUT2D eigenvalue weighted by Gasteiger charge is 2.28. The first-order valence-corrected chi connectivity index (χ1v) is 12.0. The summed E-state index contributed by atoms with van der Waals surface area (Å²) in [5, 5.41) is 2.82. The molecule has 3 amide bonds. The molecule has 1 aromatic heterocycles. The van der Waals surface area contributed by atoms with Crippen molar-refractivity contribution in [3.8, 4) is 0 Å². The highest BCUT2D eigenvalue weighted by molar-refractivity contribution is 6.04.